The summed E-state index contributed by atoms with van der Waals surface area (Å²) in [6.45, 7) is 13.5. The van der Waals surface area contributed by atoms with E-state index >= 15 is 0 Å². The van der Waals surface area contributed by atoms with Gasteiger partial charge in [0.1, 0.15) is 25.4 Å². The average molecular weight is 713 g/mol. The minimum atomic E-state index is -6.07. The van der Waals surface area contributed by atoms with Crippen molar-refractivity contribution < 1.29 is 35.2 Å². The van der Waals surface area contributed by atoms with Crippen LogP contribution in [0.15, 0.2) is 72.8 Å². The first kappa shape index (κ1) is 37.6. The predicted molar refractivity (Wildman–Crippen MR) is 191 cm³/mol. The van der Waals surface area contributed by atoms with E-state index in [1.165, 1.54) is 0 Å². The Labute approximate surface area is 288 Å². The van der Waals surface area contributed by atoms with Crippen LogP contribution in [0.5, 0.6) is 17.4 Å². The van der Waals surface area contributed by atoms with Gasteiger partial charge in [0.25, 0.3) is 0 Å². The number of halogens is 3. The van der Waals surface area contributed by atoms with Gasteiger partial charge in [-0.25, -0.2) is 0 Å². The van der Waals surface area contributed by atoms with Crippen molar-refractivity contribution in [2.75, 3.05) is 19.1 Å². The summed E-state index contributed by atoms with van der Waals surface area (Å²) in [5, 5.41) is 0.532. The Bertz CT molecular complexity index is 1850. The normalized spacial score (nSPS) is 12.3. The molecule has 3 aromatic carbocycles. The van der Waals surface area contributed by atoms with Gasteiger partial charge in [-0.3, -0.25) is 0 Å². The third-order valence-corrected chi connectivity index (χ3v) is 16.2. The molecule has 4 rings (SSSR count). The highest BCUT2D eigenvalue weighted by Gasteiger charge is 2.49. The summed E-state index contributed by atoms with van der Waals surface area (Å²) in [6.07, 6.45) is 0. The lowest BCUT2D eigenvalue weighted by Crippen LogP contribution is -2.43. The van der Waals surface area contributed by atoms with E-state index in [4.69, 9.17) is 13.7 Å². The molecule has 0 saturated carbocycles. The predicted octanol–water partition coefficient (Wildman–Crippen LogP) is 9.26. The van der Waals surface area contributed by atoms with Gasteiger partial charge < -0.3 is 18.6 Å². The molecule has 7 nitrogen and oxygen atoms in total. The smallest absolute Gasteiger partial charge is 0.497 e. The molecule has 1 aromatic heterocycles. The lowest BCUT2D eigenvalue weighted by atomic mass is 10.1. The van der Waals surface area contributed by atoms with Gasteiger partial charge >= 0.3 is 15.6 Å². The lowest BCUT2D eigenvalue weighted by Gasteiger charge is -2.38. The zero-order chi connectivity index (χ0) is 36.1. The third kappa shape index (κ3) is 8.33. The summed E-state index contributed by atoms with van der Waals surface area (Å²) in [7, 11) is -5.20. The number of fused-ring (bicyclic) bond motifs is 1. The van der Waals surface area contributed by atoms with Crippen molar-refractivity contribution in [3.05, 3.63) is 89.5 Å². The number of hydrogen-bond donors (Lipinski definition) is 0. The maximum absolute atomic E-state index is 13.8. The van der Waals surface area contributed by atoms with Crippen molar-refractivity contribution in [3.63, 3.8) is 0 Å². The highest BCUT2D eigenvalue weighted by atomic mass is 32.2. The molecular weight excluding hydrogens is 670 g/mol. The van der Waals surface area contributed by atoms with E-state index in [1.807, 2.05) is 29.2 Å². The molecule has 12 heteroatoms. The second-order valence-electron chi connectivity index (χ2n) is 12.9. The van der Waals surface area contributed by atoms with Crippen LogP contribution in [0.4, 0.5) is 19.0 Å². The van der Waals surface area contributed by atoms with Gasteiger partial charge in [-0.1, -0.05) is 83.9 Å². The molecule has 0 N–H and O–H groups in total. The van der Waals surface area contributed by atoms with Gasteiger partial charge in [0.15, 0.2) is 0 Å². The third-order valence-electron chi connectivity index (χ3n) is 8.95. The first-order chi connectivity index (χ1) is 23.0. The number of anilines is 1. The van der Waals surface area contributed by atoms with Crippen LogP contribution in [0, 0.1) is 11.5 Å². The van der Waals surface area contributed by atoms with Gasteiger partial charge in [0.2, 0.25) is 5.88 Å². The van der Waals surface area contributed by atoms with Crippen LogP contribution in [-0.2, 0) is 23.2 Å². The molecule has 0 spiro atoms. The molecular formula is C37H43F3N2O5SSi. The number of methoxy groups -OCH3 is 2. The van der Waals surface area contributed by atoms with Gasteiger partial charge in [0.05, 0.1) is 19.6 Å². The maximum Gasteiger partial charge on any atom is 0.534 e. The number of benzene rings is 3. The van der Waals surface area contributed by atoms with E-state index < -0.39 is 29.6 Å². The molecule has 0 aliphatic heterocycles. The van der Waals surface area contributed by atoms with Crippen LogP contribution in [0.3, 0.4) is 0 Å². The fraction of sp³-hybridized carbons (Fsp3) is 0.378. The Morgan fingerprint density at radius 1 is 0.796 bits per heavy atom. The van der Waals surface area contributed by atoms with E-state index in [0.717, 1.165) is 11.1 Å². The van der Waals surface area contributed by atoms with E-state index in [0.29, 0.717) is 39.1 Å². The Kier molecular flexibility index (Phi) is 11.6. The summed E-state index contributed by atoms with van der Waals surface area (Å²) >= 11 is 0. The van der Waals surface area contributed by atoms with Crippen molar-refractivity contribution in [3.8, 4) is 28.8 Å². The van der Waals surface area contributed by atoms with Crippen LogP contribution in [0.1, 0.15) is 58.2 Å². The minimum absolute atomic E-state index is 0.0968. The Morgan fingerprint density at radius 2 is 1.29 bits per heavy atom. The Hall–Kier alpha value is -4.21. The molecule has 0 radical (unpaired) electrons. The highest BCUT2D eigenvalue weighted by Crippen LogP contribution is 2.41. The van der Waals surface area contributed by atoms with Gasteiger partial charge in [-0.15, -0.1) is 5.54 Å². The Morgan fingerprint density at radius 3 is 1.71 bits per heavy atom. The van der Waals surface area contributed by atoms with E-state index in [2.05, 4.69) is 58.0 Å². The number of aromatic nitrogens is 1. The average Bonchev–Trinajstić information content (AvgIpc) is 3.04. The summed E-state index contributed by atoms with van der Waals surface area (Å²) in [5.74, 6) is 4.12. The van der Waals surface area contributed by atoms with Crippen LogP contribution in [0.25, 0.3) is 10.8 Å². The minimum Gasteiger partial charge on any atom is -0.497 e. The van der Waals surface area contributed by atoms with E-state index in [1.54, 1.807) is 62.8 Å². The molecule has 0 fully saturated rings. The second-order valence-corrected chi connectivity index (χ2v) is 20.0. The lowest BCUT2D eigenvalue weighted by molar-refractivity contribution is -0.0500. The van der Waals surface area contributed by atoms with Crippen molar-refractivity contribution in [2.45, 2.75) is 76.8 Å². The van der Waals surface area contributed by atoms with Crippen molar-refractivity contribution in [2.24, 2.45) is 0 Å². The van der Waals surface area contributed by atoms with Gasteiger partial charge in [0, 0.05) is 18.7 Å². The Balaban J connectivity index is 1.96. The van der Waals surface area contributed by atoms with Crippen LogP contribution >= 0.6 is 0 Å². The topological polar surface area (TPSA) is 78.0 Å². The monoisotopic (exact) mass is 712 g/mol. The van der Waals surface area contributed by atoms with Crippen molar-refractivity contribution in [1.82, 2.24) is 4.98 Å². The largest absolute Gasteiger partial charge is 0.534 e. The molecule has 0 atom stereocenters. The highest BCUT2D eigenvalue weighted by molar-refractivity contribution is 7.88. The molecule has 0 unspecified atom stereocenters. The fourth-order valence-corrected chi connectivity index (χ4v) is 12.1. The quantitative estimate of drug-likeness (QED) is 0.0627. The van der Waals surface area contributed by atoms with E-state index in [9.17, 15) is 21.6 Å². The zero-order valence-electron chi connectivity index (χ0n) is 29.1. The van der Waals surface area contributed by atoms with Gasteiger partial charge in [-0.05, 0) is 69.5 Å². The summed E-state index contributed by atoms with van der Waals surface area (Å²) in [6, 6.07) is 21.5. The zero-order valence-corrected chi connectivity index (χ0v) is 30.9. The molecule has 4 aromatic rings. The van der Waals surface area contributed by atoms with Crippen LogP contribution < -0.4 is 18.6 Å². The molecule has 1 heterocycles. The SMILES string of the molecule is COc1ccc(CN(Cc2ccc(OC)cc2)c2cc3cccc(C#C[Si](C(C)C)(C(C)C)C(C)C)c3c(OS(=O)(=O)C(F)(F)F)n2)cc1. The summed E-state index contributed by atoms with van der Waals surface area (Å²) < 4.78 is 81.7. The van der Waals surface area contributed by atoms with Crippen LogP contribution in [-0.4, -0.2) is 41.2 Å². The molecule has 0 saturated heterocycles. The number of ether oxygens (including phenoxy) is 2. The molecule has 0 aliphatic rings. The summed E-state index contributed by atoms with van der Waals surface area (Å²) in [4.78, 5) is 6.32. The maximum atomic E-state index is 13.8. The second kappa shape index (κ2) is 15.1. The van der Waals surface area contributed by atoms with Crippen molar-refractivity contribution in [1.29, 1.82) is 0 Å². The number of hydrogen-bond acceptors (Lipinski definition) is 7. The first-order valence-electron chi connectivity index (χ1n) is 16.0. The molecule has 0 aliphatic carbocycles. The van der Waals surface area contributed by atoms with Gasteiger partial charge in [-0.2, -0.15) is 26.6 Å². The van der Waals surface area contributed by atoms with Crippen molar-refractivity contribution >= 4 is 34.8 Å². The molecule has 0 bridgehead atoms. The van der Waals surface area contributed by atoms with Crippen LogP contribution in [0.2, 0.25) is 16.6 Å². The van der Waals surface area contributed by atoms with E-state index in [-0.39, 0.29) is 24.3 Å². The number of pyridine rings is 1. The number of nitrogens with zero attached hydrogens (tertiary/aromatic N) is 2. The molecule has 49 heavy (non-hydrogen) atoms. The molecule has 0 amide bonds. The number of alkyl halides is 3. The fourth-order valence-electron chi connectivity index (χ4n) is 6.47. The number of rotatable bonds is 12. The summed E-state index contributed by atoms with van der Waals surface area (Å²) in [5.41, 5.74) is 0.873. The first-order valence-corrected chi connectivity index (χ1v) is 19.6. The molecule has 262 valence electrons. The standard InChI is InChI=1S/C37H43F3N2O5SSi/c1-25(2)49(26(3)4,27(5)6)21-20-30-10-9-11-31-22-34(41-36(35(30)31)47-48(43,44)37(38,39)40)42(23-28-12-16-32(45-7)17-13-28)24-29-14-18-33(46-8)19-15-29/h9-19,22,25-27H,23-24H2,1-8H3.